The van der Waals surface area contributed by atoms with Crippen molar-refractivity contribution in [3.8, 4) is 11.1 Å². The first-order chi connectivity index (χ1) is 19.4. The number of hydrogen-bond donors (Lipinski definition) is 2. The van der Waals surface area contributed by atoms with Crippen molar-refractivity contribution in [2.24, 2.45) is 0 Å². The molecule has 6 nitrogen and oxygen atoms in total. The average molecular weight is 579 g/mol. The van der Waals surface area contributed by atoms with E-state index in [1.807, 2.05) is 67.4 Å². The number of ether oxygens (including phenoxy) is 1. The van der Waals surface area contributed by atoms with Crippen molar-refractivity contribution in [3.05, 3.63) is 89.5 Å². The molecule has 40 heavy (non-hydrogen) atoms. The van der Waals surface area contributed by atoms with Gasteiger partial charge >= 0.3 is 5.97 Å². The summed E-state index contributed by atoms with van der Waals surface area (Å²) >= 11 is 3.48. The number of carboxylic acid groups (broad SMARTS) is 1. The van der Waals surface area contributed by atoms with Crippen LogP contribution in [-0.4, -0.2) is 71.5 Å². The summed E-state index contributed by atoms with van der Waals surface area (Å²) in [5, 5.41) is 12.9. The minimum Gasteiger partial charge on any atom is -0.480 e. The van der Waals surface area contributed by atoms with Crippen molar-refractivity contribution < 1.29 is 19.4 Å². The number of benzene rings is 3. The van der Waals surface area contributed by atoms with Crippen LogP contribution in [0.4, 0.5) is 0 Å². The lowest BCUT2D eigenvalue weighted by Gasteiger charge is -2.24. The summed E-state index contributed by atoms with van der Waals surface area (Å²) in [6, 6.07) is 23.8. The average Bonchev–Trinajstić information content (AvgIpc) is 3.31. The van der Waals surface area contributed by atoms with Crippen LogP contribution in [0.2, 0.25) is 0 Å². The lowest BCUT2D eigenvalue weighted by atomic mass is 9.93. The second-order valence-electron chi connectivity index (χ2n) is 10.2. The van der Waals surface area contributed by atoms with Gasteiger partial charge in [-0.2, -0.15) is 11.8 Å². The van der Waals surface area contributed by atoms with Crippen LogP contribution in [0.1, 0.15) is 34.3 Å². The van der Waals surface area contributed by atoms with Gasteiger partial charge < -0.3 is 15.2 Å². The first kappa shape index (κ1) is 30.2. The SMILES string of the molecule is COC[C@H]1C[C@@H](Sc2ccccc2)CN1Cc1ccc(C(=O)N[C@@H](CCSC)C(=O)O)c(-c2ccccc2C)c1. The molecule has 1 fully saturated rings. The van der Waals surface area contributed by atoms with Crippen molar-refractivity contribution in [2.45, 2.75) is 48.5 Å². The van der Waals surface area contributed by atoms with Crippen LogP contribution in [0.3, 0.4) is 0 Å². The molecule has 2 N–H and O–H groups in total. The summed E-state index contributed by atoms with van der Waals surface area (Å²) in [5.41, 5.74) is 4.44. The Kier molecular flexibility index (Phi) is 11.1. The molecule has 0 aliphatic carbocycles. The van der Waals surface area contributed by atoms with Crippen LogP contribution >= 0.6 is 23.5 Å². The minimum absolute atomic E-state index is 0.309. The first-order valence-electron chi connectivity index (χ1n) is 13.6. The Bertz CT molecular complexity index is 1290. The van der Waals surface area contributed by atoms with Crippen LogP contribution in [0, 0.1) is 6.92 Å². The number of carboxylic acids is 1. The highest BCUT2D eigenvalue weighted by atomic mass is 32.2. The van der Waals surface area contributed by atoms with Gasteiger partial charge in [0.2, 0.25) is 0 Å². The standard InChI is InChI=1S/C32H38N2O4S2/c1-22-9-7-8-12-27(22)29-17-23(13-14-28(29)31(35)33-30(32(36)37)15-16-39-3)19-34-20-26(18-24(34)21-38-2)40-25-10-5-4-6-11-25/h4-14,17,24,26,30H,15-16,18-21H2,1-3H3,(H,33,35)(H,36,37)/t24-,26-,30+/m1/s1. The Labute approximate surface area is 245 Å². The first-order valence-corrected chi connectivity index (χ1v) is 15.8. The number of amides is 1. The van der Waals surface area contributed by atoms with E-state index in [1.165, 1.54) is 4.90 Å². The summed E-state index contributed by atoms with van der Waals surface area (Å²) < 4.78 is 5.58. The maximum absolute atomic E-state index is 13.4. The quantitative estimate of drug-likeness (QED) is 0.258. The van der Waals surface area contributed by atoms with Crippen molar-refractivity contribution >= 4 is 35.4 Å². The van der Waals surface area contributed by atoms with Crippen molar-refractivity contribution in [2.75, 3.05) is 32.3 Å². The van der Waals surface area contributed by atoms with Crippen LogP contribution in [0.15, 0.2) is 77.7 Å². The summed E-state index contributed by atoms with van der Waals surface area (Å²) in [6.45, 7) is 4.39. The van der Waals surface area contributed by atoms with Crippen LogP contribution in [-0.2, 0) is 16.1 Å². The fourth-order valence-corrected chi connectivity index (χ4v) is 6.98. The zero-order valence-corrected chi connectivity index (χ0v) is 25.0. The fraction of sp³-hybridized carbons (Fsp3) is 0.375. The molecule has 0 unspecified atom stereocenters. The number of likely N-dealkylation sites (tertiary alicyclic amines) is 1. The van der Waals surface area contributed by atoms with Gasteiger partial charge in [-0.1, -0.05) is 48.5 Å². The lowest BCUT2D eigenvalue weighted by Crippen LogP contribution is -2.41. The number of aryl methyl sites for hydroxylation is 1. The van der Waals surface area contributed by atoms with E-state index in [0.29, 0.717) is 35.6 Å². The van der Waals surface area contributed by atoms with Crippen LogP contribution in [0.5, 0.6) is 0 Å². The molecule has 0 radical (unpaired) electrons. The van der Waals surface area contributed by atoms with E-state index in [2.05, 4.69) is 40.5 Å². The Balaban J connectivity index is 1.59. The number of methoxy groups -OCH3 is 1. The van der Waals surface area contributed by atoms with Gasteiger partial charge in [0.15, 0.2) is 0 Å². The minimum atomic E-state index is -1.02. The van der Waals surface area contributed by atoms with Gasteiger partial charge in [-0.3, -0.25) is 9.69 Å². The number of aliphatic carboxylic acids is 1. The number of rotatable bonds is 13. The molecule has 212 valence electrons. The van der Waals surface area contributed by atoms with E-state index in [4.69, 9.17) is 4.74 Å². The molecule has 0 bridgehead atoms. The molecule has 1 heterocycles. The number of nitrogens with zero attached hydrogens (tertiary/aromatic N) is 1. The molecule has 4 rings (SSSR count). The fourth-order valence-electron chi connectivity index (χ4n) is 5.22. The molecule has 1 amide bonds. The number of hydrogen-bond acceptors (Lipinski definition) is 6. The predicted molar refractivity (Wildman–Crippen MR) is 165 cm³/mol. The zero-order valence-electron chi connectivity index (χ0n) is 23.3. The molecule has 3 atom stereocenters. The monoisotopic (exact) mass is 578 g/mol. The highest BCUT2D eigenvalue weighted by Gasteiger charge is 2.33. The highest BCUT2D eigenvalue weighted by molar-refractivity contribution is 8.00. The Hall–Kier alpha value is -2.78. The number of carbonyl (C=O) groups is 2. The molecule has 1 saturated heterocycles. The van der Waals surface area contributed by atoms with E-state index in [-0.39, 0.29) is 5.91 Å². The summed E-state index contributed by atoms with van der Waals surface area (Å²) in [5.74, 6) is -0.725. The van der Waals surface area contributed by atoms with Gasteiger partial charge in [-0.15, -0.1) is 11.8 Å². The summed E-state index contributed by atoms with van der Waals surface area (Å²) in [4.78, 5) is 29.0. The molecular weight excluding hydrogens is 540 g/mol. The van der Waals surface area contributed by atoms with Gasteiger partial charge in [0.05, 0.1) is 6.61 Å². The lowest BCUT2D eigenvalue weighted by molar-refractivity contribution is -0.139. The van der Waals surface area contributed by atoms with E-state index in [0.717, 1.165) is 41.8 Å². The molecule has 1 aliphatic rings. The van der Waals surface area contributed by atoms with Gasteiger partial charge in [0.25, 0.3) is 5.91 Å². The van der Waals surface area contributed by atoms with E-state index in [9.17, 15) is 14.7 Å². The maximum atomic E-state index is 13.4. The Morgan fingerprint density at radius 2 is 1.82 bits per heavy atom. The summed E-state index contributed by atoms with van der Waals surface area (Å²) in [6.07, 6.45) is 3.35. The molecule has 8 heteroatoms. The maximum Gasteiger partial charge on any atom is 0.326 e. The topological polar surface area (TPSA) is 78.9 Å². The second kappa shape index (κ2) is 14.7. The van der Waals surface area contributed by atoms with Crippen LogP contribution in [0.25, 0.3) is 11.1 Å². The van der Waals surface area contributed by atoms with Gasteiger partial charge in [0.1, 0.15) is 6.04 Å². The predicted octanol–water partition coefficient (Wildman–Crippen LogP) is 5.98. The van der Waals surface area contributed by atoms with Crippen molar-refractivity contribution in [3.63, 3.8) is 0 Å². The largest absolute Gasteiger partial charge is 0.480 e. The molecule has 1 aliphatic heterocycles. The van der Waals surface area contributed by atoms with E-state index >= 15 is 0 Å². The van der Waals surface area contributed by atoms with E-state index < -0.39 is 12.0 Å². The molecule has 3 aromatic carbocycles. The summed E-state index contributed by atoms with van der Waals surface area (Å²) in [7, 11) is 1.75. The zero-order chi connectivity index (χ0) is 28.5. The van der Waals surface area contributed by atoms with Crippen molar-refractivity contribution in [1.82, 2.24) is 10.2 Å². The van der Waals surface area contributed by atoms with Gasteiger partial charge in [-0.25, -0.2) is 4.79 Å². The van der Waals surface area contributed by atoms with Gasteiger partial charge in [0, 0.05) is 42.0 Å². The Morgan fingerprint density at radius 3 is 2.52 bits per heavy atom. The smallest absolute Gasteiger partial charge is 0.326 e. The number of thioether (sulfide) groups is 2. The molecule has 3 aromatic rings. The van der Waals surface area contributed by atoms with Crippen molar-refractivity contribution in [1.29, 1.82) is 0 Å². The third-order valence-corrected chi connectivity index (χ3v) is 9.12. The van der Waals surface area contributed by atoms with E-state index in [1.54, 1.807) is 18.9 Å². The van der Waals surface area contributed by atoms with Crippen LogP contribution < -0.4 is 5.32 Å². The third kappa shape index (κ3) is 7.91. The second-order valence-corrected chi connectivity index (χ2v) is 12.5. The third-order valence-electron chi connectivity index (χ3n) is 7.26. The highest BCUT2D eigenvalue weighted by Crippen LogP contribution is 2.35. The Morgan fingerprint density at radius 1 is 1.07 bits per heavy atom. The molecule has 0 spiro atoms. The normalized spacial score (nSPS) is 18.0. The molecular formula is C32H38N2O4S2. The molecule has 0 saturated carbocycles. The number of nitrogens with one attached hydrogen (secondary N) is 1. The van der Waals surface area contributed by atoms with Gasteiger partial charge in [-0.05, 0) is 78.3 Å². The molecule has 0 aromatic heterocycles. The number of carbonyl (C=O) groups excluding carboxylic acids is 1.